The van der Waals surface area contributed by atoms with Crippen molar-refractivity contribution in [3.63, 3.8) is 0 Å². The van der Waals surface area contributed by atoms with Gasteiger partial charge in [-0.2, -0.15) is 0 Å². The summed E-state index contributed by atoms with van der Waals surface area (Å²) in [4.78, 5) is 0. The van der Waals surface area contributed by atoms with Crippen LogP contribution in [-0.2, 0) is 0 Å². The maximum Gasteiger partial charge on any atom is 0.148 e. The van der Waals surface area contributed by atoms with Crippen LogP contribution in [0.15, 0.2) is 16.6 Å². The molecule has 0 bridgehead atoms. The molecule has 1 aromatic rings. The first-order valence-corrected chi connectivity index (χ1v) is 4.14. The van der Waals surface area contributed by atoms with Gasteiger partial charge in [-0.25, -0.2) is 4.39 Å². The molecule has 1 N–H and O–H groups in total. The molecule has 0 amide bonds. The number of anilines is 1. The minimum absolute atomic E-state index is 0.355. The minimum Gasteiger partial charge on any atom is -0.385 e. The van der Waals surface area contributed by atoms with Crippen molar-refractivity contribution in [2.24, 2.45) is 0 Å². The van der Waals surface area contributed by atoms with Crippen molar-refractivity contribution in [2.45, 2.75) is 0 Å². The maximum atomic E-state index is 12.9. The van der Waals surface area contributed by atoms with Gasteiger partial charge in [0.2, 0.25) is 0 Å². The summed E-state index contributed by atoms with van der Waals surface area (Å²) in [5, 5.41) is 3.09. The Bertz CT molecular complexity index is 254. The third-order valence-electron chi connectivity index (χ3n) is 1.26. The van der Waals surface area contributed by atoms with Gasteiger partial charge < -0.3 is 5.32 Å². The molecule has 0 aromatic heterocycles. The van der Waals surface area contributed by atoms with Gasteiger partial charge in [-0.05, 0) is 28.1 Å². The van der Waals surface area contributed by atoms with E-state index in [9.17, 15) is 4.39 Å². The highest BCUT2D eigenvalue weighted by molar-refractivity contribution is 9.10. The molecule has 1 nitrogen and oxygen atoms in total. The lowest BCUT2D eigenvalue weighted by molar-refractivity contribution is 0.630. The Morgan fingerprint density at radius 3 is 2.64 bits per heavy atom. The van der Waals surface area contributed by atoms with Crippen LogP contribution in [0.1, 0.15) is 0 Å². The minimum atomic E-state index is -0.355. The van der Waals surface area contributed by atoms with E-state index in [0.717, 1.165) is 0 Å². The van der Waals surface area contributed by atoms with Gasteiger partial charge in [0.1, 0.15) is 5.82 Å². The quantitative estimate of drug-likeness (QED) is 0.792. The zero-order valence-corrected chi connectivity index (χ0v) is 8.13. The second kappa shape index (κ2) is 3.41. The lowest BCUT2D eigenvalue weighted by Gasteiger charge is -2.04. The number of rotatable bonds is 1. The van der Waals surface area contributed by atoms with Crippen molar-refractivity contribution in [3.8, 4) is 0 Å². The molecule has 1 aromatic carbocycles. The van der Waals surface area contributed by atoms with E-state index in [4.69, 9.17) is 11.6 Å². The number of hydrogen-bond acceptors (Lipinski definition) is 1. The molecule has 60 valence electrons. The first-order chi connectivity index (χ1) is 5.15. The molecule has 0 aliphatic carbocycles. The first kappa shape index (κ1) is 8.81. The summed E-state index contributed by atoms with van der Waals surface area (Å²) in [6, 6.07) is 2.90. The molecule has 0 unspecified atom stereocenters. The largest absolute Gasteiger partial charge is 0.385 e. The third kappa shape index (κ3) is 1.84. The normalized spacial score (nSPS) is 9.82. The highest BCUT2D eigenvalue weighted by Gasteiger charge is 2.05. The van der Waals surface area contributed by atoms with E-state index >= 15 is 0 Å². The van der Waals surface area contributed by atoms with Gasteiger partial charge >= 0.3 is 0 Å². The van der Waals surface area contributed by atoms with Crippen molar-refractivity contribution < 1.29 is 4.39 Å². The molecule has 0 saturated carbocycles. The maximum absolute atomic E-state index is 12.9. The number of benzene rings is 1. The molecule has 1 rings (SSSR count). The van der Waals surface area contributed by atoms with Crippen molar-refractivity contribution >= 4 is 33.2 Å². The van der Waals surface area contributed by atoms with Crippen LogP contribution in [0, 0.1) is 5.82 Å². The molecule has 11 heavy (non-hydrogen) atoms. The Hall–Kier alpha value is -0.280. The Labute approximate surface area is 77.7 Å². The molecule has 0 radical (unpaired) electrons. The predicted octanol–water partition coefficient (Wildman–Crippen LogP) is 3.28. The van der Waals surface area contributed by atoms with Crippen LogP contribution in [0.5, 0.6) is 0 Å². The summed E-state index contributed by atoms with van der Waals surface area (Å²) in [7, 11) is 1.65. The molecular weight excluding hydrogens is 232 g/mol. The second-order valence-electron chi connectivity index (χ2n) is 1.99. The fraction of sp³-hybridized carbons (Fsp3) is 0.143. The van der Waals surface area contributed by atoms with Gasteiger partial charge in [0.25, 0.3) is 0 Å². The van der Waals surface area contributed by atoms with Crippen LogP contribution in [-0.4, -0.2) is 7.05 Å². The summed E-state index contributed by atoms with van der Waals surface area (Å²) in [6.45, 7) is 0. The van der Waals surface area contributed by atoms with E-state index in [2.05, 4.69) is 21.2 Å². The van der Waals surface area contributed by atoms with Gasteiger partial charge in [-0.1, -0.05) is 11.6 Å². The lowest BCUT2D eigenvalue weighted by Crippen LogP contribution is -1.93. The average molecular weight is 238 g/mol. The van der Waals surface area contributed by atoms with Crippen LogP contribution >= 0.6 is 27.5 Å². The Morgan fingerprint density at radius 1 is 1.55 bits per heavy atom. The van der Waals surface area contributed by atoms with E-state index < -0.39 is 0 Å². The zero-order valence-electron chi connectivity index (χ0n) is 5.79. The molecule has 0 fully saturated rings. The monoisotopic (exact) mass is 237 g/mol. The van der Waals surface area contributed by atoms with E-state index in [-0.39, 0.29) is 5.82 Å². The summed E-state index contributed by atoms with van der Waals surface area (Å²) < 4.78 is 13.6. The molecule has 0 atom stereocenters. The van der Waals surface area contributed by atoms with E-state index in [1.54, 1.807) is 13.1 Å². The highest BCUT2D eigenvalue weighted by Crippen LogP contribution is 2.28. The van der Waals surface area contributed by atoms with Crippen LogP contribution in [0.25, 0.3) is 0 Å². The molecule has 0 aliphatic heterocycles. The van der Waals surface area contributed by atoms with Gasteiger partial charge in [-0.15, -0.1) is 0 Å². The van der Waals surface area contributed by atoms with Gasteiger partial charge in [0.15, 0.2) is 0 Å². The second-order valence-corrected chi connectivity index (χ2v) is 3.29. The van der Waals surface area contributed by atoms with Crippen molar-refractivity contribution in [1.29, 1.82) is 0 Å². The Kier molecular flexibility index (Phi) is 2.73. The van der Waals surface area contributed by atoms with Crippen LogP contribution in [0.2, 0.25) is 5.02 Å². The number of nitrogens with one attached hydrogen (secondary N) is 1. The lowest BCUT2D eigenvalue weighted by atomic mass is 10.3. The Balaban J connectivity index is 3.25. The van der Waals surface area contributed by atoms with E-state index in [0.29, 0.717) is 15.2 Å². The van der Waals surface area contributed by atoms with Crippen molar-refractivity contribution in [3.05, 3.63) is 27.4 Å². The molecule has 0 saturated heterocycles. The van der Waals surface area contributed by atoms with E-state index in [1.807, 2.05) is 0 Å². The fourth-order valence-electron chi connectivity index (χ4n) is 0.781. The average Bonchev–Trinajstić information content (AvgIpc) is 1.85. The number of hydrogen-bond donors (Lipinski definition) is 1. The molecule has 4 heteroatoms. The van der Waals surface area contributed by atoms with Crippen molar-refractivity contribution in [2.75, 3.05) is 12.4 Å². The van der Waals surface area contributed by atoms with Gasteiger partial charge in [0.05, 0.1) is 5.69 Å². The summed E-state index contributed by atoms with van der Waals surface area (Å²) in [5.74, 6) is -0.355. The predicted molar refractivity (Wildman–Crippen MR) is 48.7 cm³/mol. The van der Waals surface area contributed by atoms with Crippen LogP contribution in [0.4, 0.5) is 10.1 Å². The van der Waals surface area contributed by atoms with Crippen LogP contribution < -0.4 is 5.32 Å². The van der Waals surface area contributed by atoms with Gasteiger partial charge in [0, 0.05) is 16.5 Å². The fourth-order valence-corrected chi connectivity index (χ4v) is 1.75. The van der Waals surface area contributed by atoms with E-state index in [1.165, 1.54) is 6.07 Å². The third-order valence-corrected chi connectivity index (χ3v) is 2.10. The summed E-state index contributed by atoms with van der Waals surface area (Å²) in [5.41, 5.74) is 0.425. The number of halogens is 3. The highest BCUT2D eigenvalue weighted by atomic mass is 79.9. The standard InChI is InChI=1S/C7H6BrClFN/c1-11-7-5(8)2-4(9)3-6(7)10/h2-3,11H,1H3. The van der Waals surface area contributed by atoms with Crippen molar-refractivity contribution in [1.82, 2.24) is 0 Å². The SMILES string of the molecule is CNc1c(F)cc(Cl)cc1Br. The molecule has 0 aliphatic rings. The molecule has 0 heterocycles. The van der Waals surface area contributed by atoms with Crippen LogP contribution in [0.3, 0.4) is 0 Å². The molecule has 0 spiro atoms. The zero-order chi connectivity index (χ0) is 8.43. The first-order valence-electron chi connectivity index (χ1n) is 2.97. The summed E-state index contributed by atoms with van der Waals surface area (Å²) in [6.07, 6.45) is 0. The summed E-state index contributed by atoms with van der Waals surface area (Å²) >= 11 is 8.75. The Morgan fingerprint density at radius 2 is 2.18 bits per heavy atom. The smallest absolute Gasteiger partial charge is 0.148 e. The topological polar surface area (TPSA) is 12.0 Å². The molecular formula is C7H6BrClFN. The van der Waals surface area contributed by atoms with Gasteiger partial charge in [-0.3, -0.25) is 0 Å².